The van der Waals surface area contributed by atoms with Crippen molar-refractivity contribution in [2.24, 2.45) is 5.41 Å². The Labute approximate surface area is 228 Å². The van der Waals surface area contributed by atoms with Gasteiger partial charge in [-0.05, 0) is 47.2 Å². The van der Waals surface area contributed by atoms with Gasteiger partial charge >= 0.3 is 0 Å². The average molecular weight is 525 g/mol. The maximum Gasteiger partial charge on any atom is 0.253 e. The molecule has 1 aliphatic rings. The van der Waals surface area contributed by atoms with Crippen LogP contribution in [0.5, 0.6) is 11.5 Å². The van der Waals surface area contributed by atoms with E-state index in [1.54, 1.807) is 37.2 Å². The fraction of sp³-hybridized carbons (Fsp3) is 0.290. The topological polar surface area (TPSA) is 95.3 Å². The van der Waals surface area contributed by atoms with Crippen molar-refractivity contribution < 1.29 is 19.1 Å². The molecule has 0 saturated heterocycles. The SMILES string of the molecule is COc1ccc(Cc2nn(-c3ccc(C(=O)NCc4ccccc4)cn3)c3c2C(=O)CC(C)(C)C3)cc1OC. The van der Waals surface area contributed by atoms with Crippen LogP contribution >= 0.6 is 0 Å². The minimum atomic E-state index is -0.203. The smallest absolute Gasteiger partial charge is 0.253 e. The summed E-state index contributed by atoms with van der Waals surface area (Å²) < 4.78 is 12.6. The minimum absolute atomic E-state index is 0.0832. The van der Waals surface area contributed by atoms with Crippen molar-refractivity contribution in [3.8, 4) is 17.3 Å². The second-order valence-corrected chi connectivity index (χ2v) is 10.6. The minimum Gasteiger partial charge on any atom is -0.493 e. The highest BCUT2D eigenvalue weighted by molar-refractivity contribution is 6.00. The van der Waals surface area contributed by atoms with Crippen molar-refractivity contribution in [3.63, 3.8) is 0 Å². The third-order valence-corrected chi connectivity index (χ3v) is 6.96. The number of Topliss-reactive ketones (excluding diaryl/α,β-unsaturated/α-hetero) is 1. The molecule has 0 unspecified atom stereocenters. The molecule has 0 fully saturated rings. The zero-order valence-electron chi connectivity index (χ0n) is 22.7. The van der Waals surface area contributed by atoms with Crippen molar-refractivity contribution in [1.29, 1.82) is 0 Å². The van der Waals surface area contributed by atoms with E-state index in [-0.39, 0.29) is 17.1 Å². The summed E-state index contributed by atoms with van der Waals surface area (Å²) in [5, 5.41) is 7.81. The number of nitrogens with zero attached hydrogens (tertiary/aromatic N) is 3. The average Bonchev–Trinajstić information content (AvgIpc) is 3.29. The number of carbonyl (C=O) groups excluding carboxylic acids is 2. The molecule has 0 atom stereocenters. The summed E-state index contributed by atoms with van der Waals surface area (Å²) in [6.07, 6.45) is 3.15. The zero-order valence-corrected chi connectivity index (χ0v) is 22.7. The lowest BCUT2D eigenvalue weighted by molar-refractivity contribution is 0.0908. The Hall–Kier alpha value is -4.46. The first-order valence-corrected chi connectivity index (χ1v) is 12.9. The molecule has 39 heavy (non-hydrogen) atoms. The molecular formula is C31H32N4O4. The van der Waals surface area contributed by atoms with Crippen LogP contribution in [0.4, 0.5) is 0 Å². The molecule has 5 rings (SSSR count). The van der Waals surface area contributed by atoms with Crippen LogP contribution in [-0.4, -0.2) is 40.7 Å². The largest absolute Gasteiger partial charge is 0.493 e. The molecule has 0 radical (unpaired) electrons. The standard InChI is InChI=1S/C31H32N4O4/c1-31(2)16-24-29(25(36)17-31)23(14-21-10-12-26(38-3)27(15-21)39-4)34-35(24)28-13-11-22(19-32-28)30(37)33-18-20-8-6-5-7-9-20/h5-13,15,19H,14,16-18H2,1-4H3,(H,33,37). The quantitative estimate of drug-likeness (QED) is 0.350. The van der Waals surface area contributed by atoms with Crippen molar-refractivity contribution in [2.75, 3.05) is 14.2 Å². The molecule has 0 saturated carbocycles. The predicted octanol–water partition coefficient (Wildman–Crippen LogP) is 4.96. The number of nitrogens with one attached hydrogen (secondary N) is 1. The maximum absolute atomic E-state index is 13.3. The number of hydrogen-bond donors (Lipinski definition) is 1. The molecule has 1 N–H and O–H groups in total. The van der Waals surface area contributed by atoms with Gasteiger partial charge in [-0.3, -0.25) is 9.59 Å². The summed E-state index contributed by atoms with van der Waals surface area (Å²) in [5.41, 5.74) is 4.45. The van der Waals surface area contributed by atoms with E-state index in [0.717, 1.165) is 16.8 Å². The molecule has 1 amide bonds. The van der Waals surface area contributed by atoms with Gasteiger partial charge in [0.2, 0.25) is 0 Å². The van der Waals surface area contributed by atoms with E-state index in [1.165, 1.54) is 0 Å². The first-order valence-electron chi connectivity index (χ1n) is 12.9. The number of fused-ring (bicyclic) bond motifs is 1. The van der Waals surface area contributed by atoms with Crippen LogP contribution in [0.1, 0.15) is 63.5 Å². The second-order valence-electron chi connectivity index (χ2n) is 10.6. The molecular weight excluding hydrogens is 492 g/mol. The lowest BCUT2D eigenvalue weighted by Crippen LogP contribution is -2.28. The molecule has 2 aromatic heterocycles. The van der Waals surface area contributed by atoms with E-state index in [1.807, 2.05) is 48.5 Å². The van der Waals surface area contributed by atoms with Crippen LogP contribution in [0.2, 0.25) is 0 Å². The van der Waals surface area contributed by atoms with Crippen LogP contribution in [0, 0.1) is 5.41 Å². The Morgan fingerprint density at radius 3 is 2.44 bits per heavy atom. The van der Waals surface area contributed by atoms with Gasteiger partial charge in [0.05, 0.1) is 36.7 Å². The third kappa shape index (κ3) is 5.55. The first-order chi connectivity index (χ1) is 18.8. The van der Waals surface area contributed by atoms with E-state index in [9.17, 15) is 9.59 Å². The summed E-state index contributed by atoms with van der Waals surface area (Å²) in [6, 6.07) is 19.0. The van der Waals surface area contributed by atoms with E-state index in [2.05, 4.69) is 24.1 Å². The fourth-order valence-electron chi connectivity index (χ4n) is 5.05. The number of benzene rings is 2. The van der Waals surface area contributed by atoms with E-state index in [0.29, 0.717) is 59.9 Å². The number of carbonyl (C=O) groups is 2. The van der Waals surface area contributed by atoms with Crippen molar-refractivity contribution in [1.82, 2.24) is 20.1 Å². The van der Waals surface area contributed by atoms with Crippen molar-refractivity contribution in [2.45, 2.75) is 39.7 Å². The van der Waals surface area contributed by atoms with Gasteiger partial charge in [-0.1, -0.05) is 50.2 Å². The molecule has 1 aliphatic carbocycles. The van der Waals surface area contributed by atoms with Gasteiger partial charge < -0.3 is 14.8 Å². The van der Waals surface area contributed by atoms with Crippen LogP contribution in [0.25, 0.3) is 5.82 Å². The Morgan fingerprint density at radius 1 is 0.974 bits per heavy atom. The number of aromatic nitrogens is 3. The summed E-state index contributed by atoms with van der Waals surface area (Å²) in [5.74, 6) is 1.71. The molecule has 8 heteroatoms. The molecule has 0 spiro atoms. The van der Waals surface area contributed by atoms with Crippen LogP contribution in [-0.2, 0) is 19.4 Å². The van der Waals surface area contributed by atoms with Gasteiger partial charge in [-0.25, -0.2) is 9.67 Å². The Morgan fingerprint density at radius 2 is 1.74 bits per heavy atom. The molecule has 2 heterocycles. The first kappa shape index (κ1) is 26.2. The van der Waals surface area contributed by atoms with Gasteiger partial charge in [-0.15, -0.1) is 0 Å². The normalized spacial score (nSPS) is 14.0. The monoisotopic (exact) mass is 524 g/mol. The molecule has 0 bridgehead atoms. The van der Waals surface area contributed by atoms with E-state index in [4.69, 9.17) is 14.6 Å². The van der Waals surface area contributed by atoms with Crippen molar-refractivity contribution in [3.05, 3.63) is 101 Å². The number of pyridine rings is 1. The maximum atomic E-state index is 13.3. The van der Waals surface area contributed by atoms with E-state index < -0.39 is 0 Å². The Balaban J connectivity index is 1.44. The third-order valence-electron chi connectivity index (χ3n) is 6.96. The Bertz CT molecular complexity index is 1510. The van der Waals surface area contributed by atoms with Crippen molar-refractivity contribution >= 4 is 11.7 Å². The van der Waals surface area contributed by atoms with Crippen LogP contribution in [0.15, 0.2) is 66.9 Å². The van der Waals surface area contributed by atoms with E-state index >= 15 is 0 Å². The highest BCUT2D eigenvalue weighted by Gasteiger charge is 2.37. The highest BCUT2D eigenvalue weighted by atomic mass is 16.5. The van der Waals surface area contributed by atoms with Gasteiger partial charge in [0.15, 0.2) is 23.1 Å². The predicted molar refractivity (Wildman–Crippen MR) is 148 cm³/mol. The zero-order chi connectivity index (χ0) is 27.6. The number of methoxy groups -OCH3 is 2. The number of ketones is 1. The fourth-order valence-corrected chi connectivity index (χ4v) is 5.05. The van der Waals surface area contributed by atoms with Gasteiger partial charge in [-0.2, -0.15) is 5.10 Å². The van der Waals surface area contributed by atoms with Crippen LogP contribution < -0.4 is 14.8 Å². The van der Waals surface area contributed by atoms with Gasteiger partial charge in [0.1, 0.15) is 0 Å². The van der Waals surface area contributed by atoms with Gasteiger partial charge in [0, 0.05) is 25.6 Å². The number of amides is 1. The number of hydrogen-bond acceptors (Lipinski definition) is 6. The highest BCUT2D eigenvalue weighted by Crippen LogP contribution is 2.38. The molecule has 2 aromatic carbocycles. The number of ether oxygens (including phenoxy) is 2. The lowest BCUT2D eigenvalue weighted by atomic mass is 9.75. The molecule has 0 aliphatic heterocycles. The molecule has 200 valence electrons. The summed E-state index contributed by atoms with van der Waals surface area (Å²) in [6.45, 7) is 4.62. The summed E-state index contributed by atoms with van der Waals surface area (Å²) >= 11 is 0. The van der Waals surface area contributed by atoms with Crippen LogP contribution in [0.3, 0.4) is 0 Å². The second kappa shape index (κ2) is 10.7. The lowest BCUT2D eigenvalue weighted by Gasteiger charge is -2.29. The number of rotatable bonds is 8. The summed E-state index contributed by atoms with van der Waals surface area (Å²) in [4.78, 5) is 30.6. The van der Waals surface area contributed by atoms with Gasteiger partial charge in [0.25, 0.3) is 5.91 Å². The molecule has 4 aromatic rings. The Kier molecular flexibility index (Phi) is 7.19. The molecule has 8 nitrogen and oxygen atoms in total. The summed E-state index contributed by atoms with van der Waals surface area (Å²) in [7, 11) is 3.20.